The molecule has 0 aromatic carbocycles. The van der Waals surface area contributed by atoms with E-state index in [4.69, 9.17) is 15.2 Å². The largest absolute Gasteiger partial charge is 0.468 e. The molecule has 2 rings (SSSR count). The highest BCUT2D eigenvalue weighted by atomic mass is 16.5. The Morgan fingerprint density at radius 1 is 1.43 bits per heavy atom. The standard InChI is InChI=1S/C16H30N2O3/c1-18(11-13-5-4-10-21-12-13)9-7-14-6-3-8-16(14,17)15(19)20-2/h13-14H,3-12,17H2,1-2H3. The molecule has 5 nitrogen and oxygen atoms in total. The first-order valence-corrected chi connectivity index (χ1v) is 8.20. The second-order valence-corrected chi connectivity index (χ2v) is 6.76. The number of nitrogens with two attached hydrogens (primary N) is 1. The number of hydrogen-bond acceptors (Lipinski definition) is 5. The molecule has 1 aliphatic carbocycles. The molecule has 0 spiro atoms. The van der Waals surface area contributed by atoms with Gasteiger partial charge in [-0.3, -0.25) is 4.79 Å². The van der Waals surface area contributed by atoms with E-state index in [9.17, 15) is 4.79 Å². The molecule has 2 N–H and O–H groups in total. The Morgan fingerprint density at radius 3 is 2.90 bits per heavy atom. The number of esters is 1. The van der Waals surface area contributed by atoms with Crippen LogP contribution in [-0.2, 0) is 14.3 Å². The first kappa shape index (κ1) is 16.7. The average Bonchev–Trinajstić information content (AvgIpc) is 2.87. The van der Waals surface area contributed by atoms with E-state index < -0.39 is 5.54 Å². The van der Waals surface area contributed by atoms with Crippen LogP contribution in [0.25, 0.3) is 0 Å². The Kier molecular flexibility index (Phi) is 6.02. The summed E-state index contributed by atoms with van der Waals surface area (Å²) >= 11 is 0. The van der Waals surface area contributed by atoms with Gasteiger partial charge in [-0.25, -0.2) is 0 Å². The zero-order chi connectivity index (χ0) is 15.3. The number of carbonyl (C=O) groups excluding carboxylic acids is 1. The Hall–Kier alpha value is -0.650. The highest BCUT2D eigenvalue weighted by Crippen LogP contribution is 2.37. The van der Waals surface area contributed by atoms with Gasteiger partial charge in [-0.15, -0.1) is 0 Å². The summed E-state index contributed by atoms with van der Waals surface area (Å²) in [5.74, 6) is 0.652. The third-order valence-corrected chi connectivity index (χ3v) is 5.12. The summed E-state index contributed by atoms with van der Waals surface area (Å²) in [5, 5.41) is 0. The molecule has 2 aliphatic rings. The maximum atomic E-state index is 11.9. The van der Waals surface area contributed by atoms with E-state index in [1.54, 1.807) is 0 Å². The van der Waals surface area contributed by atoms with Crippen molar-refractivity contribution in [3.05, 3.63) is 0 Å². The average molecular weight is 298 g/mol. The number of nitrogens with zero attached hydrogens (tertiary/aromatic N) is 1. The number of rotatable bonds is 6. The van der Waals surface area contributed by atoms with Gasteiger partial charge in [-0.1, -0.05) is 6.42 Å². The fourth-order valence-electron chi connectivity index (χ4n) is 3.82. The van der Waals surface area contributed by atoms with Crippen LogP contribution in [-0.4, -0.2) is 56.9 Å². The molecule has 21 heavy (non-hydrogen) atoms. The molecular weight excluding hydrogens is 268 g/mol. The molecule has 0 aromatic heterocycles. The number of hydrogen-bond donors (Lipinski definition) is 1. The number of carbonyl (C=O) groups is 1. The molecule has 0 amide bonds. The predicted molar refractivity (Wildman–Crippen MR) is 81.9 cm³/mol. The van der Waals surface area contributed by atoms with Gasteiger partial charge in [0.25, 0.3) is 0 Å². The van der Waals surface area contributed by atoms with Gasteiger partial charge in [0.1, 0.15) is 5.54 Å². The van der Waals surface area contributed by atoms with E-state index in [2.05, 4.69) is 11.9 Å². The molecule has 1 saturated carbocycles. The highest BCUT2D eigenvalue weighted by Gasteiger charge is 2.46. The summed E-state index contributed by atoms with van der Waals surface area (Å²) < 4.78 is 10.4. The molecule has 122 valence electrons. The van der Waals surface area contributed by atoms with Gasteiger partial charge < -0.3 is 20.1 Å². The van der Waals surface area contributed by atoms with Crippen molar-refractivity contribution in [3.8, 4) is 0 Å². The van der Waals surface area contributed by atoms with Gasteiger partial charge in [0.05, 0.1) is 13.7 Å². The summed E-state index contributed by atoms with van der Waals surface area (Å²) in [5.41, 5.74) is 5.55. The fourth-order valence-corrected chi connectivity index (χ4v) is 3.82. The maximum Gasteiger partial charge on any atom is 0.326 e. The van der Waals surface area contributed by atoms with Crippen molar-refractivity contribution in [2.24, 2.45) is 17.6 Å². The van der Waals surface area contributed by atoms with Gasteiger partial charge in [0, 0.05) is 13.2 Å². The molecular formula is C16H30N2O3. The minimum absolute atomic E-state index is 0.242. The monoisotopic (exact) mass is 298 g/mol. The smallest absolute Gasteiger partial charge is 0.326 e. The summed E-state index contributed by atoms with van der Waals surface area (Å²) in [6.45, 7) is 3.85. The molecule has 3 unspecified atom stereocenters. The highest BCUT2D eigenvalue weighted by molar-refractivity contribution is 5.81. The van der Waals surface area contributed by atoms with Crippen LogP contribution < -0.4 is 5.73 Å². The van der Waals surface area contributed by atoms with Crippen LogP contribution in [0.2, 0.25) is 0 Å². The van der Waals surface area contributed by atoms with Crippen molar-refractivity contribution in [2.45, 2.75) is 44.1 Å². The maximum absolute atomic E-state index is 11.9. The minimum Gasteiger partial charge on any atom is -0.468 e. The topological polar surface area (TPSA) is 64.8 Å². The van der Waals surface area contributed by atoms with Crippen LogP contribution in [0.15, 0.2) is 0 Å². The summed E-state index contributed by atoms with van der Waals surface area (Å²) in [6, 6.07) is 0. The third kappa shape index (κ3) is 4.18. The lowest BCUT2D eigenvalue weighted by molar-refractivity contribution is -0.148. The lowest BCUT2D eigenvalue weighted by Gasteiger charge is -2.31. The summed E-state index contributed by atoms with van der Waals surface area (Å²) in [6.07, 6.45) is 6.22. The first-order valence-electron chi connectivity index (χ1n) is 8.20. The second kappa shape index (κ2) is 7.56. The Bertz CT molecular complexity index is 344. The second-order valence-electron chi connectivity index (χ2n) is 6.76. The zero-order valence-corrected chi connectivity index (χ0v) is 13.5. The van der Waals surface area contributed by atoms with Crippen LogP contribution in [0.1, 0.15) is 38.5 Å². The van der Waals surface area contributed by atoms with Gasteiger partial charge in [0.15, 0.2) is 0 Å². The third-order valence-electron chi connectivity index (χ3n) is 5.12. The van der Waals surface area contributed by atoms with Crippen LogP contribution in [0.4, 0.5) is 0 Å². The van der Waals surface area contributed by atoms with Gasteiger partial charge in [-0.2, -0.15) is 0 Å². The Labute approximate surface area is 128 Å². The fraction of sp³-hybridized carbons (Fsp3) is 0.938. The zero-order valence-electron chi connectivity index (χ0n) is 13.5. The summed E-state index contributed by atoms with van der Waals surface area (Å²) in [4.78, 5) is 14.3. The van der Waals surface area contributed by atoms with E-state index >= 15 is 0 Å². The molecule has 3 atom stereocenters. The van der Waals surface area contributed by atoms with Crippen LogP contribution in [0.5, 0.6) is 0 Å². The Balaban J connectivity index is 1.77. The number of methoxy groups -OCH3 is 1. The molecule has 1 saturated heterocycles. The van der Waals surface area contributed by atoms with E-state index in [1.807, 2.05) is 0 Å². The van der Waals surface area contributed by atoms with E-state index in [1.165, 1.54) is 20.0 Å². The number of ether oxygens (including phenoxy) is 2. The normalized spacial score (nSPS) is 33.3. The molecule has 1 heterocycles. The van der Waals surface area contributed by atoms with Crippen molar-refractivity contribution < 1.29 is 14.3 Å². The molecule has 5 heteroatoms. The van der Waals surface area contributed by atoms with Crippen molar-refractivity contribution in [3.63, 3.8) is 0 Å². The molecule has 2 fully saturated rings. The van der Waals surface area contributed by atoms with Crippen LogP contribution >= 0.6 is 0 Å². The van der Waals surface area contributed by atoms with E-state index in [0.717, 1.165) is 52.0 Å². The van der Waals surface area contributed by atoms with Crippen molar-refractivity contribution in [1.82, 2.24) is 4.90 Å². The molecule has 0 aromatic rings. The lowest BCUT2D eigenvalue weighted by atomic mass is 9.85. The quantitative estimate of drug-likeness (QED) is 0.751. The Morgan fingerprint density at radius 2 is 2.24 bits per heavy atom. The minimum atomic E-state index is -0.760. The van der Waals surface area contributed by atoms with Crippen molar-refractivity contribution >= 4 is 5.97 Å². The molecule has 0 bridgehead atoms. The molecule has 1 aliphatic heterocycles. The van der Waals surface area contributed by atoms with Gasteiger partial charge >= 0.3 is 5.97 Å². The van der Waals surface area contributed by atoms with Crippen molar-refractivity contribution in [2.75, 3.05) is 40.5 Å². The van der Waals surface area contributed by atoms with Crippen LogP contribution in [0, 0.1) is 11.8 Å². The van der Waals surface area contributed by atoms with Crippen LogP contribution in [0.3, 0.4) is 0 Å². The predicted octanol–water partition coefficient (Wildman–Crippen LogP) is 1.41. The lowest BCUT2D eigenvalue weighted by Crippen LogP contribution is -2.52. The van der Waals surface area contributed by atoms with E-state index in [-0.39, 0.29) is 11.9 Å². The summed E-state index contributed by atoms with van der Waals surface area (Å²) in [7, 11) is 3.58. The van der Waals surface area contributed by atoms with Crippen molar-refractivity contribution in [1.29, 1.82) is 0 Å². The van der Waals surface area contributed by atoms with E-state index in [0.29, 0.717) is 5.92 Å². The first-order chi connectivity index (χ1) is 10.1. The van der Waals surface area contributed by atoms with Gasteiger partial charge in [0.2, 0.25) is 0 Å². The SMILES string of the molecule is COC(=O)C1(N)CCCC1CCN(C)CC1CCCOC1. The van der Waals surface area contributed by atoms with Gasteiger partial charge in [-0.05, 0) is 57.5 Å². The molecule has 0 radical (unpaired) electrons.